The Morgan fingerprint density at radius 2 is 1.71 bits per heavy atom. The van der Waals surface area contributed by atoms with Gasteiger partial charge < -0.3 is 29.3 Å². The first-order valence-electron chi connectivity index (χ1n) is 10.9. The maximum absolute atomic E-state index is 15.0. The van der Waals surface area contributed by atoms with Crippen molar-refractivity contribution in [1.82, 2.24) is 4.90 Å². The van der Waals surface area contributed by atoms with Crippen molar-refractivity contribution in [2.24, 2.45) is 0 Å². The largest absolute Gasteiger partial charge is 0.497 e. The van der Waals surface area contributed by atoms with Crippen LogP contribution in [0.4, 0.5) is 24.5 Å². The number of halogens is 3. The Morgan fingerprint density at radius 1 is 1.09 bits per heavy atom. The molecule has 1 fully saturated rings. The maximum Gasteiger partial charge on any atom is 0.387 e. The Labute approximate surface area is 202 Å². The van der Waals surface area contributed by atoms with Crippen molar-refractivity contribution < 1.29 is 32.5 Å². The van der Waals surface area contributed by atoms with Gasteiger partial charge in [-0.2, -0.15) is 8.78 Å². The van der Waals surface area contributed by atoms with Gasteiger partial charge in [0, 0.05) is 45.0 Å². The highest BCUT2D eigenvalue weighted by molar-refractivity contribution is 6.09. The summed E-state index contributed by atoms with van der Waals surface area (Å²) in [6.07, 6.45) is 1.26. The molecule has 188 valence electrons. The summed E-state index contributed by atoms with van der Waals surface area (Å²) < 4.78 is 50.9. The van der Waals surface area contributed by atoms with Crippen LogP contribution >= 0.6 is 0 Å². The van der Waals surface area contributed by atoms with Gasteiger partial charge in [0.2, 0.25) is 0 Å². The van der Waals surface area contributed by atoms with E-state index in [0.717, 1.165) is 11.8 Å². The quantitative estimate of drug-likeness (QED) is 0.669. The number of hydrogen-bond donors (Lipinski definition) is 1. The van der Waals surface area contributed by atoms with E-state index in [1.807, 2.05) is 37.4 Å². The second-order valence-electron chi connectivity index (χ2n) is 8.06. The molecule has 0 aromatic heterocycles. The third-order valence-electron chi connectivity index (χ3n) is 5.74. The SMILES string of the molecule is C=C1C(C(=O)O)=CN(C)c2c1cc(F)c(N1CCN(C)CC1)c2OC(F)F.COc1ccccc1. The molecule has 7 nitrogen and oxygen atoms in total. The Balaban J connectivity index is 0.000000363. The highest BCUT2D eigenvalue weighted by Crippen LogP contribution is 2.48. The van der Waals surface area contributed by atoms with Crippen molar-refractivity contribution in [3.05, 3.63) is 66.1 Å². The van der Waals surface area contributed by atoms with E-state index >= 15 is 0 Å². The molecule has 10 heteroatoms. The molecule has 0 bridgehead atoms. The first kappa shape index (κ1) is 26.0. The monoisotopic (exact) mass is 491 g/mol. The fourth-order valence-electron chi connectivity index (χ4n) is 3.93. The third-order valence-corrected chi connectivity index (χ3v) is 5.74. The van der Waals surface area contributed by atoms with Crippen LogP contribution in [0.3, 0.4) is 0 Å². The van der Waals surface area contributed by atoms with Gasteiger partial charge in [-0.15, -0.1) is 0 Å². The van der Waals surface area contributed by atoms with E-state index in [0.29, 0.717) is 26.2 Å². The molecule has 2 heterocycles. The number of hydrogen-bond acceptors (Lipinski definition) is 6. The molecule has 0 aliphatic carbocycles. The molecule has 2 aliphatic heterocycles. The van der Waals surface area contributed by atoms with E-state index in [4.69, 9.17) is 9.47 Å². The normalized spacial score (nSPS) is 15.7. The van der Waals surface area contributed by atoms with Crippen molar-refractivity contribution in [2.45, 2.75) is 6.61 Å². The first-order valence-corrected chi connectivity index (χ1v) is 10.9. The summed E-state index contributed by atoms with van der Waals surface area (Å²) >= 11 is 0. The summed E-state index contributed by atoms with van der Waals surface area (Å²) in [6, 6.07) is 10.8. The molecular weight excluding hydrogens is 463 g/mol. The Morgan fingerprint density at radius 3 is 2.23 bits per heavy atom. The maximum atomic E-state index is 15.0. The van der Waals surface area contributed by atoms with Crippen LogP contribution in [0.1, 0.15) is 5.56 Å². The number of alkyl halides is 2. The molecule has 0 saturated carbocycles. The lowest BCUT2D eigenvalue weighted by Crippen LogP contribution is -2.45. The minimum Gasteiger partial charge on any atom is -0.497 e. The summed E-state index contributed by atoms with van der Waals surface area (Å²) in [4.78, 5) is 16.5. The van der Waals surface area contributed by atoms with Gasteiger partial charge in [0.15, 0.2) is 11.6 Å². The Hall–Kier alpha value is -3.66. The first-order chi connectivity index (χ1) is 16.6. The van der Waals surface area contributed by atoms with Gasteiger partial charge in [-0.3, -0.25) is 0 Å². The molecule has 35 heavy (non-hydrogen) atoms. The number of fused-ring (bicyclic) bond motifs is 1. The van der Waals surface area contributed by atoms with Crippen LogP contribution in [0.15, 0.2) is 54.8 Å². The third kappa shape index (κ3) is 5.89. The lowest BCUT2D eigenvalue weighted by atomic mass is 9.93. The van der Waals surface area contributed by atoms with Crippen LogP contribution in [0.5, 0.6) is 11.5 Å². The molecule has 0 spiro atoms. The topological polar surface area (TPSA) is 65.5 Å². The molecular formula is C25H28F3N3O4. The van der Waals surface area contributed by atoms with Gasteiger partial charge in [-0.05, 0) is 30.8 Å². The van der Waals surface area contributed by atoms with Crippen LogP contribution in [0.2, 0.25) is 0 Å². The van der Waals surface area contributed by atoms with Gasteiger partial charge in [-0.1, -0.05) is 24.8 Å². The van der Waals surface area contributed by atoms with E-state index in [9.17, 15) is 23.1 Å². The molecule has 1 N–H and O–H groups in total. The summed E-state index contributed by atoms with van der Waals surface area (Å²) in [6.45, 7) is 2.74. The number of carbonyl (C=O) groups is 1. The van der Waals surface area contributed by atoms with E-state index in [1.165, 1.54) is 18.1 Å². The average Bonchev–Trinajstić information content (AvgIpc) is 2.82. The van der Waals surface area contributed by atoms with Crippen LogP contribution in [-0.2, 0) is 4.79 Å². The molecule has 2 aromatic rings. The smallest absolute Gasteiger partial charge is 0.387 e. The van der Waals surface area contributed by atoms with Crippen molar-refractivity contribution in [2.75, 3.05) is 57.2 Å². The number of nitrogens with zero attached hydrogens (tertiary/aromatic N) is 3. The molecule has 2 aliphatic rings. The number of carboxylic acid groups (broad SMARTS) is 1. The summed E-state index contributed by atoms with van der Waals surface area (Å²) in [5, 5.41) is 9.31. The summed E-state index contributed by atoms with van der Waals surface area (Å²) in [7, 11) is 5.08. The Bertz CT molecular complexity index is 1100. The molecule has 0 unspecified atom stereocenters. The van der Waals surface area contributed by atoms with Gasteiger partial charge in [0.05, 0.1) is 18.4 Å². The zero-order valence-electron chi connectivity index (χ0n) is 19.8. The number of piperazine rings is 1. The molecule has 2 aromatic carbocycles. The highest BCUT2D eigenvalue weighted by atomic mass is 19.3. The second-order valence-corrected chi connectivity index (χ2v) is 8.06. The second kappa shape index (κ2) is 11.2. The predicted molar refractivity (Wildman–Crippen MR) is 129 cm³/mol. The standard InChI is InChI=1S/C18H20F3N3O3.C7H8O/c1-10-11-8-13(19)15(24-6-4-22(2)5-7-24)16(27-18(20)21)14(11)23(3)9-12(10)17(25)26;1-8-7-5-3-2-4-6-7/h8-9,18H,1,4-7H2,2-3H3,(H,25,26);2-6H,1H3. The van der Waals surface area contributed by atoms with Crippen LogP contribution in [0.25, 0.3) is 5.57 Å². The van der Waals surface area contributed by atoms with Gasteiger partial charge in [-0.25, -0.2) is 9.18 Å². The molecule has 1 saturated heterocycles. The van der Waals surface area contributed by atoms with Crippen molar-refractivity contribution in [3.8, 4) is 11.5 Å². The Kier molecular flexibility index (Phi) is 8.29. The van der Waals surface area contributed by atoms with Crippen LogP contribution in [0, 0.1) is 5.82 Å². The summed E-state index contributed by atoms with van der Waals surface area (Å²) in [5.41, 5.74) is 0.135. The average molecular weight is 492 g/mol. The molecule has 0 atom stereocenters. The fraction of sp³-hybridized carbons (Fsp3) is 0.320. The van der Waals surface area contributed by atoms with E-state index in [-0.39, 0.29) is 33.8 Å². The number of ether oxygens (including phenoxy) is 2. The van der Waals surface area contributed by atoms with Crippen molar-refractivity contribution in [3.63, 3.8) is 0 Å². The zero-order valence-corrected chi connectivity index (χ0v) is 19.8. The van der Waals surface area contributed by atoms with Gasteiger partial charge >= 0.3 is 12.6 Å². The van der Waals surface area contributed by atoms with E-state index in [1.54, 1.807) is 12.0 Å². The number of carboxylic acids is 1. The number of benzene rings is 2. The molecule has 0 radical (unpaired) electrons. The van der Waals surface area contributed by atoms with Crippen molar-refractivity contribution in [1.29, 1.82) is 0 Å². The number of anilines is 2. The number of likely N-dealkylation sites (N-methyl/N-ethyl adjacent to an activating group) is 1. The van der Waals surface area contributed by atoms with E-state index in [2.05, 4.69) is 11.5 Å². The highest BCUT2D eigenvalue weighted by Gasteiger charge is 2.33. The van der Waals surface area contributed by atoms with Gasteiger partial charge in [0.1, 0.15) is 11.4 Å². The lowest BCUT2D eigenvalue weighted by molar-refractivity contribution is -0.132. The minimum absolute atomic E-state index is 0.0403. The van der Waals surface area contributed by atoms with Crippen LogP contribution < -0.4 is 19.3 Å². The van der Waals surface area contributed by atoms with E-state index < -0.39 is 18.4 Å². The number of methoxy groups -OCH3 is 1. The zero-order chi connectivity index (χ0) is 25.7. The molecule has 4 rings (SSSR count). The fourth-order valence-corrected chi connectivity index (χ4v) is 3.93. The summed E-state index contributed by atoms with van der Waals surface area (Å²) in [5.74, 6) is -1.39. The number of rotatable bonds is 5. The van der Waals surface area contributed by atoms with Crippen LogP contribution in [-0.4, -0.2) is 70.0 Å². The predicted octanol–water partition coefficient (Wildman–Crippen LogP) is 4.31. The molecule has 0 amide bonds. The number of aliphatic carboxylic acids is 1. The lowest BCUT2D eigenvalue weighted by Gasteiger charge is -2.37. The number of para-hydroxylation sites is 1. The van der Waals surface area contributed by atoms with Crippen molar-refractivity contribution >= 4 is 22.9 Å². The van der Waals surface area contributed by atoms with Gasteiger partial charge in [0.25, 0.3) is 0 Å². The minimum atomic E-state index is -3.16.